The van der Waals surface area contributed by atoms with E-state index in [0.29, 0.717) is 29.7 Å². The van der Waals surface area contributed by atoms with E-state index in [0.717, 1.165) is 64.7 Å². The number of nitro benzene ring substituents is 1. The van der Waals surface area contributed by atoms with Gasteiger partial charge >= 0.3 is 0 Å². The first kappa shape index (κ1) is 53.6. The first-order valence-corrected chi connectivity index (χ1v) is 25.2. The lowest BCUT2D eigenvalue weighted by Crippen LogP contribution is -2.31. The SMILES string of the molecule is C.C.CC(=O)Nc1ncc(-c2ccc3cnccc3c2)s1.N[C@H](CNc1ncc(-c2ccc3cnccc3c2)s1)Cc1cccc(Cl)c1.O=[N+]([O-])c1ccc(S(=O)(=O)N2C[C@@H]2Cc2cccc(Cl)c2)cc1. The van der Waals surface area contributed by atoms with E-state index in [9.17, 15) is 23.3 Å². The number of rotatable bonds is 13. The van der Waals surface area contributed by atoms with Crippen LogP contribution in [-0.2, 0) is 27.7 Å². The molecule has 9 aromatic rings. The molecule has 3 atom stereocenters. The maximum atomic E-state index is 12.5. The van der Waals surface area contributed by atoms with Crippen molar-refractivity contribution in [1.29, 1.82) is 0 Å². The van der Waals surface area contributed by atoms with Gasteiger partial charge in [0.25, 0.3) is 5.69 Å². The second-order valence-electron chi connectivity index (χ2n) is 15.9. The highest BCUT2D eigenvalue weighted by Crippen LogP contribution is 2.34. The zero-order chi connectivity index (χ0) is 48.5. The number of halogens is 2. The van der Waals surface area contributed by atoms with Crippen LogP contribution in [0.1, 0.15) is 32.9 Å². The van der Waals surface area contributed by atoms with Crippen LogP contribution in [0.3, 0.4) is 0 Å². The predicted octanol–water partition coefficient (Wildman–Crippen LogP) is 12.4. The molecule has 4 N–H and O–H groups in total. The number of hydrogen-bond donors (Lipinski definition) is 3. The standard InChI is InChI=1S/C21H19ClN4S.C15H13ClN2O4S.C14H11N3OS.2CH4/c22-18-3-1-2-14(8-18)9-19(23)12-25-21-26-13-20(27-21)16-4-5-17-11-24-7-6-15(17)10-16;16-12-3-1-2-11(8-12)9-14-10-17(14)23(21,22)15-6-4-13(5-7-15)18(19)20;1-9(18)17-14-16-8-13(19-14)11-2-3-12-7-15-5-4-10(12)6-11;;/h1-8,10-11,13,19H,9,12,23H2,(H,25,26);1-8,14H,9-10H2;2-8H,1H3,(H,16,17,18);2*1H4/t19-;14-,17?;;;/m00.../s1. The summed E-state index contributed by atoms with van der Waals surface area (Å²) >= 11 is 15.0. The monoisotopic (exact) mass is 1050 g/mol. The summed E-state index contributed by atoms with van der Waals surface area (Å²) in [6.45, 7) is 2.57. The molecule has 1 fully saturated rings. The van der Waals surface area contributed by atoms with Crippen LogP contribution in [-0.4, -0.2) is 68.7 Å². The van der Waals surface area contributed by atoms with E-state index in [2.05, 4.69) is 54.8 Å². The maximum absolute atomic E-state index is 12.5. The molecule has 14 nitrogen and oxygen atoms in total. The average Bonchev–Trinajstić information content (AvgIpc) is 3.70. The molecule has 0 saturated carbocycles. The van der Waals surface area contributed by atoms with Crippen LogP contribution in [0.15, 0.2) is 163 Å². The first-order valence-electron chi connectivity index (χ1n) is 21.4. The van der Waals surface area contributed by atoms with Crippen LogP contribution < -0.4 is 16.4 Å². The Morgan fingerprint density at radius 1 is 0.761 bits per heavy atom. The predicted molar refractivity (Wildman–Crippen MR) is 291 cm³/mol. The third-order valence-corrected chi connectivity index (χ3v) is 15.1. The Bertz CT molecular complexity index is 3370. The average molecular weight is 1050 g/mol. The minimum absolute atomic E-state index is 0. The van der Waals surface area contributed by atoms with Gasteiger partial charge in [-0.1, -0.05) is 109 Å². The number of anilines is 2. The molecule has 5 heterocycles. The molecule has 1 aliphatic heterocycles. The molecule has 5 aromatic carbocycles. The second kappa shape index (κ2) is 24.4. The Hall–Kier alpha value is -6.70. The van der Waals surface area contributed by atoms with Crippen molar-refractivity contribution < 1.29 is 18.1 Å². The third kappa shape index (κ3) is 14.5. The molecular formula is C52H51Cl2N9O5S3. The number of aromatic nitrogens is 4. The fraction of sp³-hybridized carbons (Fsp3) is 0.173. The normalized spacial score (nSPS) is 14.0. The van der Waals surface area contributed by atoms with Crippen molar-refractivity contribution in [3.63, 3.8) is 0 Å². The highest BCUT2D eigenvalue weighted by Gasteiger charge is 2.44. The maximum Gasteiger partial charge on any atom is 0.269 e. The van der Waals surface area contributed by atoms with Gasteiger partial charge in [-0.3, -0.25) is 24.9 Å². The van der Waals surface area contributed by atoms with E-state index >= 15 is 0 Å². The number of non-ortho nitro benzene ring substituents is 1. The Balaban J connectivity index is 0.000000174. The van der Waals surface area contributed by atoms with E-state index in [-0.39, 0.29) is 43.4 Å². The number of fused-ring (bicyclic) bond motifs is 2. The molecule has 0 spiro atoms. The molecule has 19 heteroatoms. The number of amides is 1. The highest BCUT2D eigenvalue weighted by molar-refractivity contribution is 7.89. The summed E-state index contributed by atoms with van der Waals surface area (Å²) in [4.78, 5) is 40.2. The van der Waals surface area contributed by atoms with E-state index < -0.39 is 14.9 Å². The Morgan fingerprint density at radius 2 is 1.31 bits per heavy atom. The number of nitrogens with one attached hydrogen (secondary N) is 2. The summed E-state index contributed by atoms with van der Waals surface area (Å²) in [6.07, 6.45) is 12.3. The van der Waals surface area contributed by atoms with Gasteiger partial charge in [0, 0.05) is 102 Å². The quantitative estimate of drug-likeness (QED) is 0.0564. The number of carbonyl (C=O) groups excluding carboxylic acids is 1. The Kier molecular flexibility index (Phi) is 18.5. The number of nitro groups is 1. The molecule has 71 heavy (non-hydrogen) atoms. The van der Waals surface area contributed by atoms with Crippen LogP contribution in [0.4, 0.5) is 16.0 Å². The summed E-state index contributed by atoms with van der Waals surface area (Å²) < 4.78 is 26.3. The molecule has 10 rings (SSSR count). The number of thiazole rings is 2. The van der Waals surface area contributed by atoms with Gasteiger partial charge in [-0.25, -0.2) is 18.4 Å². The smallest absolute Gasteiger partial charge is 0.269 e. The molecule has 1 aliphatic rings. The topological polar surface area (TPSA) is 199 Å². The van der Waals surface area contributed by atoms with Crippen molar-refractivity contribution in [2.45, 2.75) is 51.6 Å². The number of benzene rings is 5. The van der Waals surface area contributed by atoms with Gasteiger partial charge < -0.3 is 16.4 Å². The van der Waals surface area contributed by atoms with Crippen LogP contribution in [0.5, 0.6) is 0 Å². The number of hydrogen-bond acceptors (Lipinski definition) is 13. The number of nitrogens with two attached hydrogens (primary N) is 1. The van der Waals surface area contributed by atoms with Crippen molar-refractivity contribution in [1.82, 2.24) is 24.2 Å². The van der Waals surface area contributed by atoms with E-state index in [1.165, 1.54) is 52.2 Å². The zero-order valence-corrected chi connectivity index (χ0v) is 40.7. The third-order valence-electron chi connectivity index (χ3n) is 10.7. The van der Waals surface area contributed by atoms with Gasteiger partial charge in [0.2, 0.25) is 15.9 Å². The van der Waals surface area contributed by atoms with Crippen molar-refractivity contribution in [2.24, 2.45) is 5.73 Å². The van der Waals surface area contributed by atoms with Gasteiger partial charge in [0.1, 0.15) is 0 Å². The summed E-state index contributed by atoms with van der Waals surface area (Å²) in [5, 5.41) is 24.1. The summed E-state index contributed by atoms with van der Waals surface area (Å²) in [7, 11) is -3.61. The summed E-state index contributed by atoms with van der Waals surface area (Å²) in [6, 6.07) is 36.5. The Labute approximate surface area is 430 Å². The molecule has 1 unspecified atom stereocenters. The lowest BCUT2D eigenvalue weighted by Gasteiger charge is -2.12. The molecule has 1 amide bonds. The number of nitrogens with zero attached hydrogens (tertiary/aromatic N) is 6. The molecule has 0 radical (unpaired) electrons. The molecule has 0 bridgehead atoms. The zero-order valence-electron chi connectivity index (χ0n) is 36.8. The van der Waals surface area contributed by atoms with Crippen LogP contribution >= 0.6 is 45.9 Å². The summed E-state index contributed by atoms with van der Waals surface area (Å²) in [5.41, 5.74) is 10.5. The van der Waals surface area contributed by atoms with Crippen LogP contribution in [0.25, 0.3) is 42.4 Å². The minimum Gasteiger partial charge on any atom is -0.360 e. The molecule has 366 valence electrons. The molecule has 0 aliphatic carbocycles. The molecule has 1 saturated heterocycles. The number of carbonyl (C=O) groups is 1. The van der Waals surface area contributed by atoms with Crippen molar-refractivity contribution >= 4 is 99.3 Å². The highest BCUT2D eigenvalue weighted by atomic mass is 35.5. The fourth-order valence-corrected chi connectivity index (χ4v) is 11.0. The largest absolute Gasteiger partial charge is 0.360 e. The molecular weight excluding hydrogens is 998 g/mol. The van der Waals surface area contributed by atoms with Gasteiger partial charge in [0.15, 0.2) is 10.3 Å². The van der Waals surface area contributed by atoms with Gasteiger partial charge in [-0.15, -0.1) is 0 Å². The number of sulfonamides is 1. The van der Waals surface area contributed by atoms with Crippen LogP contribution in [0.2, 0.25) is 10.0 Å². The molecule has 4 aromatic heterocycles. The van der Waals surface area contributed by atoms with E-state index in [1.807, 2.05) is 91.5 Å². The lowest BCUT2D eigenvalue weighted by atomic mass is 10.1. The van der Waals surface area contributed by atoms with Crippen molar-refractivity contribution in [2.75, 3.05) is 23.7 Å². The van der Waals surface area contributed by atoms with Crippen LogP contribution in [0, 0.1) is 10.1 Å². The fourth-order valence-electron chi connectivity index (χ4n) is 7.27. The number of pyridine rings is 2. The first-order chi connectivity index (χ1) is 33.3. The van der Waals surface area contributed by atoms with Gasteiger partial charge in [-0.2, -0.15) is 4.31 Å². The summed E-state index contributed by atoms with van der Waals surface area (Å²) in [5.74, 6) is -0.106. The van der Waals surface area contributed by atoms with E-state index in [4.69, 9.17) is 28.9 Å². The van der Waals surface area contributed by atoms with Gasteiger partial charge in [-0.05, 0) is 107 Å². The van der Waals surface area contributed by atoms with E-state index in [1.54, 1.807) is 29.8 Å². The minimum atomic E-state index is -3.61. The lowest BCUT2D eigenvalue weighted by molar-refractivity contribution is -0.384. The van der Waals surface area contributed by atoms with Crippen molar-refractivity contribution in [3.8, 4) is 20.9 Å². The van der Waals surface area contributed by atoms with Crippen molar-refractivity contribution in [3.05, 3.63) is 190 Å². The second-order valence-corrected chi connectivity index (χ2v) is 20.7. The van der Waals surface area contributed by atoms with Gasteiger partial charge in [0.05, 0.1) is 19.6 Å². The Morgan fingerprint density at radius 3 is 1.87 bits per heavy atom.